The average Bonchev–Trinajstić information content (AvgIpc) is 2.33. The Morgan fingerprint density at radius 1 is 1.18 bits per heavy atom. The Labute approximate surface area is 107 Å². The molecular weight excluding hydrogens is 232 g/mol. The second-order valence-electron chi connectivity index (χ2n) is 4.08. The third-order valence-corrected chi connectivity index (χ3v) is 3.15. The number of benzene rings is 1. The maximum atomic E-state index is 5.74. The van der Waals surface area contributed by atoms with Gasteiger partial charge in [-0.2, -0.15) is 0 Å². The zero-order valence-electron chi connectivity index (χ0n) is 10.00. The molecular formula is C14H15ClN2. The van der Waals surface area contributed by atoms with Crippen molar-refractivity contribution in [3.05, 3.63) is 58.4 Å². The van der Waals surface area contributed by atoms with E-state index in [9.17, 15) is 0 Å². The minimum Gasteiger partial charge on any atom is -0.380 e. The molecule has 2 nitrogen and oxygen atoms in total. The maximum Gasteiger partial charge on any atom is 0.129 e. The van der Waals surface area contributed by atoms with Crippen molar-refractivity contribution in [2.24, 2.45) is 0 Å². The lowest BCUT2D eigenvalue weighted by molar-refractivity contribution is 1.10. The van der Waals surface area contributed by atoms with Crippen molar-refractivity contribution in [3.63, 3.8) is 0 Å². The topological polar surface area (TPSA) is 24.9 Å². The predicted molar refractivity (Wildman–Crippen MR) is 72.5 cm³/mol. The standard InChI is InChI=1S/C14H15ClN2/c1-10-4-3-5-12(11(10)2)8-16-13-6-7-14(15)17-9-13/h3-7,9,16H,8H2,1-2H3. The second-order valence-corrected chi connectivity index (χ2v) is 4.47. The summed E-state index contributed by atoms with van der Waals surface area (Å²) < 4.78 is 0. The number of halogens is 1. The molecule has 0 atom stereocenters. The van der Waals surface area contributed by atoms with Crippen LogP contribution in [0, 0.1) is 13.8 Å². The van der Waals surface area contributed by atoms with Crippen LogP contribution in [0.1, 0.15) is 16.7 Å². The Kier molecular flexibility index (Phi) is 3.64. The highest BCUT2D eigenvalue weighted by molar-refractivity contribution is 6.29. The van der Waals surface area contributed by atoms with Crippen LogP contribution in [0.4, 0.5) is 5.69 Å². The highest BCUT2D eigenvalue weighted by Gasteiger charge is 2.00. The lowest BCUT2D eigenvalue weighted by Gasteiger charge is -2.10. The summed E-state index contributed by atoms with van der Waals surface area (Å²) in [7, 11) is 0. The number of hydrogen-bond acceptors (Lipinski definition) is 2. The van der Waals surface area contributed by atoms with Gasteiger partial charge < -0.3 is 5.32 Å². The first-order valence-corrected chi connectivity index (χ1v) is 5.95. The third-order valence-electron chi connectivity index (χ3n) is 2.93. The van der Waals surface area contributed by atoms with Crippen LogP contribution in [0.15, 0.2) is 36.5 Å². The van der Waals surface area contributed by atoms with Crippen molar-refractivity contribution in [2.45, 2.75) is 20.4 Å². The molecule has 0 spiro atoms. The lowest BCUT2D eigenvalue weighted by Crippen LogP contribution is -2.02. The molecule has 0 saturated heterocycles. The molecule has 1 aromatic heterocycles. The number of pyridine rings is 1. The minimum atomic E-state index is 0.516. The summed E-state index contributed by atoms with van der Waals surface area (Å²) in [5.74, 6) is 0. The molecule has 1 N–H and O–H groups in total. The van der Waals surface area contributed by atoms with Gasteiger partial charge in [-0.3, -0.25) is 0 Å². The number of nitrogens with one attached hydrogen (secondary N) is 1. The summed E-state index contributed by atoms with van der Waals surface area (Å²) in [6, 6.07) is 10.1. The number of rotatable bonds is 3. The zero-order valence-corrected chi connectivity index (χ0v) is 10.8. The molecule has 0 aliphatic rings. The average molecular weight is 247 g/mol. The van der Waals surface area contributed by atoms with Gasteiger partial charge in [0.2, 0.25) is 0 Å². The van der Waals surface area contributed by atoms with Gasteiger partial charge in [0.25, 0.3) is 0 Å². The van der Waals surface area contributed by atoms with Gasteiger partial charge in [-0.25, -0.2) is 4.98 Å². The molecule has 0 unspecified atom stereocenters. The molecule has 2 rings (SSSR count). The second kappa shape index (κ2) is 5.19. The highest BCUT2D eigenvalue weighted by Crippen LogP contribution is 2.15. The molecule has 0 saturated carbocycles. The molecule has 0 aliphatic carbocycles. The van der Waals surface area contributed by atoms with Crippen LogP contribution in [0.5, 0.6) is 0 Å². The monoisotopic (exact) mass is 246 g/mol. The van der Waals surface area contributed by atoms with Crippen molar-refractivity contribution < 1.29 is 0 Å². The van der Waals surface area contributed by atoms with Crippen molar-refractivity contribution in [3.8, 4) is 0 Å². The van der Waals surface area contributed by atoms with E-state index in [1.54, 1.807) is 12.3 Å². The van der Waals surface area contributed by atoms with Crippen LogP contribution < -0.4 is 5.32 Å². The molecule has 3 heteroatoms. The zero-order chi connectivity index (χ0) is 12.3. The normalized spacial score (nSPS) is 10.3. The van der Waals surface area contributed by atoms with Gasteiger partial charge in [0.15, 0.2) is 0 Å². The molecule has 17 heavy (non-hydrogen) atoms. The van der Waals surface area contributed by atoms with Crippen LogP contribution in [0.25, 0.3) is 0 Å². The third kappa shape index (κ3) is 2.98. The molecule has 0 aliphatic heterocycles. The summed E-state index contributed by atoms with van der Waals surface area (Å²) >= 11 is 5.74. The fourth-order valence-electron chi connectivity index (χ4n) is 1.68. The quantitative estimate of drug-likeness (QED) is 0.829. The van der Waals surface area contributed by atoms with Crippen molar-refractivity contribution in [2.75, 3.05) is 5.32 Å². The SMILES string of the molecule is Cc1cccc(CNc2ccc(Cl)nc2)c1C. The van der Waals surface area contributed by atoms with E-state index < -0.39 is 0 Å². The van der Waals surface area contributed by atoms with E-state index in [1.165, 1.54) is 16.7 Å². The van der Waals surface area contributed by atoms with Gasteiger partial charge in [0, 0.05) is 6.54 Å². The number of aryl methyl sites for hydroxylation is 1. The van der Waals surface area contributed by atoms with E-state index in [4.69, 9.17) is 11.6 Å². The van der Waals surface area contributed by atoms with Gasteiger partial charge in [0.1, 0.15) is 5.15 Å². The van der Waals surface area contributed by atoms with E-state index in [1.807, 2.05) is 6.07 Å². The Morgan fingerprint density at radius 3 is 2.71 bits per heavy atom. The first-order valence-electron chi connectivity index (χ1n) is 5.57. The van der Waals surface area contributed by atoms with Crippen LogP contribution in [-0.4, -0.2) is 4.98 Å². The molecule has 0 amide bonds. The summed E-state index contributed by atoms with van der Waals surface area (Å²) in [5.41, 5.74) is 4.94. The first-order chi connectivity index (χ1) is 8.16. The van der Waals surface area contributed by atoms with Gasteiger partial charge in [-0.05, 0) is 42.7 Å². The fourth-order valence-corrected chi connectivity index (χ4v) is 1.79. The van der Waals surface area contributed by atoms with Crippen molar-refractivity contribution >= 4 is 17.3 Å². The van der Waals surface area contributed by atoms with E-state index in [-0.39, 0.29) is 0 Å². The maximum absolute atomic E-state index is 5.74. The van der Waals surface area contributed by atoms with E-state index in [0.717, 1.165) is 12.2 Å². The van der Waals surface area contributed by atoms with Gasteiger partial charge in [0.05, 0.1) is 11.9 Å². The lowest BCUT2D eigenvalue weighted by atomic mass is 10.0. The molecule has 0 bridgehead atoms. The van der Waals surface area contributed by atoms with E-state index >= 15 is 0 Å². The number of aromatic nitrogens is 1. The molecule has 2 aromatic rings. The Hall–Kier alpha value is -1.54. The van der Waals surface area contributed by atoms with Crippen molar-refractivity contribution in [1.82, 2.24) is 4.98 Å². The van der Waals surface area contributed by atoms with Crippen LogP contribution >= 0.6 is 11.6 Å². The van der Waals surface area contributed by atoms with Gasteiger partial charge in [-0.15, -0.1) is 0 Å². The molecule has 0 radical (unpaired) electrons. The van der Waals surface area contributed by atoms with Gasteiger partial charge in [-0.1, -0.05) is 29.8 Å². The van der Waals surface area contributed by atoms with E-state index in [2.05, 4.69) is 42.3 Å². The van der Waals surface area contributed by atoms with Crippen LogP contribution in [0.2, 0.25) is 5.15 Å². The van der Waals surface area contributed by atoms with Crippen LogP contribution in [0.3, 0.4) is 0 Å². The number of nitrogens with zero attached hydrogens (tertiary/aromatic N) is 1. The summed E-state index contributed by atoms with van der Waals surface area (Å²) in [5, 5.41) is 3.85. The highest BCUT2D eigenvalue weighted by atomic mass is 35.5. The predicted octanol–water partition coefficient (Wildman–Crippen LogP) is 3.96. The summed E-state index contributed by atoms with van der Waals surface area (Å²) in [6.07, 6.45) is 1.74. The fraction of sp³-hybridized carbons (Fsp3) is 0.214. The number of anilines is 1. The molecule has 1 aromatic carbocycles. The van der Waals surface area contributed by atoms with Crippen molar-refractivity contribution in [1.29, 1.82) is 0 Å². The molecule has 0 fully saturated rings. The summed E-state index contributed by atoms with van der Waals surface area (Å²) in [6.45, 7) is 5.08. The first kappa shape index (κ1) is 11.9. The molecule has 88 valence electrons. The Balaban J connectivity index is 2.07. The van der Waals surface area contributed by atoms with E-state index in [0.29, 0.717) is 5.15 Å². The van der Waals surface area contributed by atoms with Crippen LogP contribution in [-0.2, 0) is 6.54 Å². The minimum absolute atomic E-state index is 0.516. The Bertz CT molecular complexity index is 506. The molecule has 1 heterocycles. The number of hydrogen-bond donors (Lipinski definition) is 1. The summed E-state index contributed by atoms with van der Waals surface area (Å²) in [4.78, 5) is 4.03. The largest absolute Gasteiger partial charge is 0.380 e. The van der Waals surface area contributed by atoms with Gasteiger partial charge >= 0.3 is 0 Å². The smallest absolute Gasteiger partial charge is 0.129 e. The Morgan fingerprint density at radius 2 is 2.00 bits per heavy atom.